The number of rotatable bonds is 3. The molecule has 7 nitrogen and oxygen atoms in total. The Kier molecular flexibility index (Phi) is 5.09. The number of ether oxygens (including phenoxy) is 1. The van der Waals surface area contributed by atoms with E-state index >= 15 is 0 Å². The molecule has 1 fully saturated rings. The third kappa shape index (κ3) is 4.27. The fourth-order valence-electron chi connectivity index (χ4n) is 3.26. The first-order valence-electron chi connectivity index (χ1n) is 9.08. The zero-order valence-electron chi connectivity index (χ0n) is 16.0. The quantitative estimate of drug-likeness (QED) is 0.879. The molecule has 7 heteroatoms. The number of alkyl carbamates (subject to hydrolysis) is 1. The van der Waals surface area contributed by atoms with E-state index in [1.165, 1.54) is 0 Å². The number of nitrogens with one attached hydrogen (secondary N) is 1. The van der Waals surface area contributed by atoms with Gasteiger partial charge in [0.2, 0.25) is 0 Å². The number of nitrogens with zero attached hydrogens (tertiary/aromatic N) is 3. The second-order valence-corrected chi connectivity index (χ2v) is 7.88. The van der Waals surface area contributed by atoms with Crippen molar-refractivity contribution in [2.45, 2.75) is 51.9 Å². The Morgan fingerprint density at radius 2 is 2.23 bits per heavy atom. The average Bonchev–Trinajstić information content (AvgIpc) is 2.91. The summed E-state index contributed by atoms with van der Waals surface area (Å²) in [5, 5.41) is 12.8. The van der Waals surface area contributed by atoms with E-state index in [2.05, 4.69) is 16.3 Å². The molecule has 0 aromatic carbocycles. The molecule has 0 spiro atoms. The number of amides is 1. The minimum Gasteiger partial charge on any atom is -0.444 e. The minimum absolute atomic E-state index is 0.279. The van der Waals surface area contributed by atoms with Crippen molar-refractivity contribution in [3.63, 3.8) is 0 Å². The van der Waals surface area contributed by atoms with Crippen LogP contribution in [-0.2, 0) is 18.3 Å². The maximum absolute atomic E-state index is 12.0. The first kappa shape index (κ1) is 18.5. The molecule has 3 rings (SSSR count). The van der Waals surface area contributed by atoms with E-state index in [1.807, 2.05) is 44.6 Å². The number of hydrogen-bond donors (Lipinski definition) is 2. The largest absolute Gasteiger partial charge is 0.444 e. The molecule has 26 heavy (non-hydrogen) atoms. The molecule has 1 unspecified atom stereocenters. The number of fused-ring (bicyclic) bond motifs is 1. The predicted octanol–water partition coefficient (Wildman–Crippen LogP) is 2.56. The number of anilines is 1. The van der Waals surface area contributed by atoms with Crippen LogP contribution in [0.5, 0.6) is 0 Å². The summed E-state index contributed by atoms with van der Waals surface area (Å²) in [4.78, 5) is 18.9. The number of piperidine rings is 1. The first-order valence-corrected chi connectivity index (χ1v) is 9.08. The molecule has 1 amide bonds. The van der Waals surface area contributed by atoms with E-state index in [-0.39, 0.29) is 12.6 Å². The molecule has 1 saturated heterocycles. The number of pyridine rings is 1. The molecule has 3 heterocycles. The van der Waals surface area contributed by atoms with Gasteiger partial charge >= 0.3 is 6.09 Å². The van der Waals surface area contributed by atoms with Gasteiger partial charge < -0.3 is 24.6 Å². The van der Waals surface area contributed by atoms with Crippen LogP contribution in [0.25, 0.3) is 11.0 Å². The van der Waals surface area contributed by atoms with Crippen LogP contribution >= 0.6 is 0 Å². The van der Waals surface area contributed by atoms with Crippen molar-refractivity contribution in [3.05, 3.63) is 24.0 Å². The van der Waals surface area contributed by atoms with Crippen LogP contribution in [-0.4, -0.2) is 45.5 Å². The number of carbonyl (C=O) groups excluding carboxylic acids is 1. The molecule has 0 radical (unpaired) electrons. The molecule has 2 N–H and O–H groups in total. The van der Waals surface area contributed by atoms with Crippen LogP contribution in [0.4, 0.5) is 10.5 Å². The van der Waals surface area contributed by atoms with Crippen molar-refractivity contribution in [1.29, 1.82) is 0 Å². The first-order chi connectivity index (χ1) is 12.2. The summed E-state index contributed by atoms with van der Waals surface area (Å²) in [6, 6.07) is 4.05. The monoisotopic (exact) mass is 360 g/mol. The van der Waals surface area contributed by atoms with Gasteiger partial charge in [-0.05, 0) is 45.7 Å². The second kappa shape index (κ2) is 7.15. The van der Waals surface area contributed by atoms with Crippen LogP contribution in [0.1, 0.15) is 39.3 Å². The molecule has 142 valence electrons. The maximum Gasteiger partial charge on any atom is 0.407 e. The summed E-state index contributed by atoms with van der Waals surface area (Å²) in [7, 11) is 1.98. The predicted molar refractivity (Wildman–Crippen MR) is 101 cm³/mol. The SMILES string of the molecule is Cn1ccc2nc(CNC(=O)OC(C)(C)C)c(N3CCCC(O)C3)cc21. The molecule has 0 bridgehead atoms. The van der Waals surface area contributed by atoms with Crippen molar-refractivity contribution in [3.8, 4) is 0 Å². The lowest BCUT2D eigenvalue weighted by atomic mass is 10.1. The number of hydrogen-bond acceptors (Lipinski definition) is 5. The third-order valence-corrected chi connectivity index (χ3v) is 4.46. The number of carbonyl (C=O) groups is 1. The van der Waals surface area contributed by atoms with E-state index < -0.39 is 11.7 Å². The molecule has 1 aliphatic rings. The van der Waals surface area contributed by atoms with Gasteiger partial charge in [0.1, 0.15) is 5.60 Å². The summed E-state index contributed by atoms with van der Waals surface area (Å²) in [5.41, 5.74) is 3.11. The van der Waals surface area contributed by atoms with Crippen LogP contribution in [0.2, 0.25) is 0 Å². The van der Waals surface area contributed by atoms with Crippen molar-refractivity contribution in [2.24, 2.45) is 7.05 Å². The number of aliphatic hydroxyl groups is 1. The summed E-state index contributed by atoms with van der Waals surface area (Å²) in [6.45, 7) is 7.23. The molecule has 0 saturated carbocycles. The van der Waals surface area contributed by atoms with Crippen LogP contribution in [0, 0.1) is 0 Å². The Labute approximate surface area is 154 Å². The molecule has 1 atom stereocenters. The van der Waals surface area contributed by atoms with Crippen molar-refractivity contribution in [1.82, 2.24) is 14.9 Å². The van der Waals surface area contributed by atoms with Crippen LogP contribution in [0.15, 0.2) is 18.3 Å². The van der Waals surface area contributed by atoms with Crippen molar-refractivity contribution < 1.29 is 14.6 Å². The van der Waals surface area contributed by atoms with Gasteiger partial charge in [0.25, 0.3) is 0 Å². The topological polar surface area (TPSA) is 79.6 Å². The Balaban J connectivity index is 1.87. The number of aryl methyl sites for hydroxylation is 1. The zero-order chi connectivity index (χ0) is 18.9. The summed E-state index contributed by atoms with van der Waals surface area (Å²) in [5.74, 6) is 0. The Morgan fingerprint density at radius 3 is 2.92 bits per heavy atom. The number of aromatic nitrogens is 2. The highest BCUT2D eigenvalue weighted by Crippen LogP contribution is 2.27. The summed E-state index contributed by atoms with van der Waals surface area (Å²) in [6.07, 6.45) is 2.93. The van der Waals surface area contributed by atoms with Gasteiger partial charge in [0.15, 0.2) is 0 Å². The molecule has 1 aliphatic heterocycles. The van der Waals surface area contributed by atoms with E-state index in [0.29, 0.717) is 6.54 Å². The molecular formula is C19H28N4O3. The lowest BCUT2D eigenvalue weighted by Crippen LogP contribution is -2.39. The van der Waals surface area contributed by atoms with Gasteiger partial charge in [0, 0.05) is 26.3 Å². The lowest BCUT2D eigenvalue weighted by Gasteiger charge is -2.33. The highest BCUT2D eigenvalue weighted by Gasteiger charge is 2.23. The Hall–Kier alpha value is -2.28. The minimum atomic E-state index is -0.541. The summed E-state index contributed by atoms with van der Waals surface area (Å²) < 4.78 is 7.34. The van der Waals surface area contributed by atoms with Gasteiger partial charge in [-0.1, -0.05) is 0 Å². The van der Waals surface area contributed by atoms with E-state index in [0.717, 1.165) is 41.8 Å². The fraction of sp³-hybridized carbons (Fsp3) is 0.579. The number of β-amino-alcohol motifs (C(OH)–C–C–N with tert-alkyl or cyclic N) is 1. The highest BCUT2D eigenvalue weighted by atomic mass is 16.6. The Bertz CT molecular complexity index is 794. The van der Waals surface area contributed by atoms with Crippen LogP contribution < -0.4 is 10.2 Å². The van der Waals surface area contributed by atoms with Gasteiger partial charge in [0.05, 0.1) is 35.1 Å². The van der Waals surface area contributed by atoms with Crippen molar-refractivity contribution in [2.75, 3.05) is 18.0 Å². The molecule has 0 aliphatic carbocycles. The Morgan fingerprint density at radius 1 is 1.46 bits per heavy atom. The third-order valence-electron chi connectivity index (χ3n) is 4.46. The molecular weight excluding hydrogens is 332 g/mol. The standard InChI is InChI=1S/C19H28N4O3/c1-19(2,3)26-18(25)20-11-15-17(23-8-5-6-13(24)12-23)10-16-14(21-15)7-9-22(16)4/h7,9-10,13,24H,5-6,8,11-12H2,1-4H3,(H,20,25). The number of aliphatic hydroxyl groups excluding tert-OH is 1. The second-order valence-electron chi connectivity index (χ2n) is 7.88. The fourth-order valence-corrected chi connectivity index (χ4v) is 3.26. The summed E-state index contributed by atoms with van der Waals surface area (Å²) >= 11 is 0. The van der Waals surface area contributed by atoms with Gasteiger partial charge in [-0.15, -0.1) is 0 Å². The van der Waals surface area contributed by atoms with Crippen LogP contribution in [0.3, 0.4) is 0 Å². The lowest BCUT2D eigenvalue weighted by molar-refractivity contribution is 0.0523. The molecule has 2 aromatic rings. The maximum atomic E-state index is 12.0. The highest BCUT2D eigenvalue weighted by molar-refractivity contribution is 5.81. The van der Waals surface area contributed by atoms with E-state index in [4.69, 9.17) is 9.72 Å². The smallest absolute Gasteiger partial charge is 0.407 e. The van der Waals surface area contributed by atoms with Gasteiger partial charge in [-0.3, -0.25) is 0 Å². The van der Waals surface area contributed by atoms with Gasteiger partial charge in [-0.2, -0.15) is 0 Å². The zero-order valence-corrected chi connectivity index (χ0v) is 16.0. The normalized spacial score (nSPS) is 18.2. The van der Waals surface area contributed by atoms with E-state index in [9.17, 15) is 9.90 Å². The van der Waals surface area contributed by atoms with E-state index in [1.54, 1.807) is 0 Å². The van der Waals surface area contributed by atoms with Crippen molar-refractivity contribution >= 4 is 22.8 Å². The average molecular weight is 360 g/mol. The molecule has 2 aromatic heterocycles. The van der Waals surface area contributed by atoms with Gasteiger partial charge in [-0.25, -0.2) is 9.78 Å².